The van der Waals surface area contributed by atoms with Gasteiger partial charge in [0, 0.05) is 25.9 Å². The summed E-state index contributed by atoms with van der Waals surface area (Å²) in [6.45, 7) is -1.52. The Bertz CT molecular complexity index is 1030. The third-order valence-electron chi connectivity index (χ3n) is 3.95. The Morgan fingerprint density at radius 3 is 2.53 bits per heavy atom. The minimum Gasteiger partial charge on any atom is -0.433 e. The highest BCUT2D eigenvalue weighted by Gasteiger charge is 2.25. The summed E-state index contributed by atoms with van der Waals surface area (Å²) in [6.07, 6.45) is 1.61. The topological polar surface area (TPSA) is 125 Å². The number of hydrogen-bond donors (Lipinski definition) is 4. The van der Waals surface area contributed by atoms with E-state index in [1.807, 2.05) is 0 Å². The number of aryl methyl sites for hydroxylation is 2. The fourth-order valence-corrected chi connectivity index (χ4v) is 2.90. The number of ether oxygens (including phenoxy) is 1. The zero-order valence-corrected chi connectivity index (χ0v) is 16.7. The van der Waals surface area contributed by atoms with Crippen molar-refractivity contribution in [3.05, 3.63) is 40.2 Å². The van der Waals surface area contributed by atoms with Crippen molar-refractivity contribution in [2.45, 2.75) is 13.5 Å². The van der Waals surface area contributed by atoms with Crippen LogP contribution in [-0.2, 0) is 7.05 Å². The molecule has 0 unspecified atom stereocenters. The van der Waals surface area contributed by atoms with Crippen molar-refractivity contribution in [2.75, 3.05) is 12.4 Å². The first-order chi connectivity index (χ1) is 14.2. The highest BCUT2D eigenvalue weighted by Crippen LogP contribution is 2.36. The van der Waals surface area contributed by atoms with Crippen LogP contribution in [0.25, 0.3) is 0 Å². The van der Waals surface area contributed by atoms with Gasteiger partial charge in [-0.3, -0.25) is 24.6 Å². The number of carbonyl (C=O) groups is 2. The Morgan fingerprint density at radius 1 is 1.23 bits per heavy atom. The van der Waals surface area contributed by atoms with Crippen molar-refractivity contribution < 1.29 is 23.1 Å². The Morgan fingerprint density at radius 2 is 1.97 bits per heavy atom. The number of hydrazine groups is 2. The molecule has 14 heteroatoms. The van der Waals surface area contributed by atoms with Crippen LogP contribution in [0.5, 0.6) is 5.75 Å². The molecule has 4 N–H and O–H groups in total. The molecular weight excluding hydrogens is 426 g/mol. The number of carbonyl (C=O) groups excluding carboxylic acids is 2. The summed E-state index contributed by atoms with van der Waals surface area (Å²) >= 11 is 6.28. The van der Waals surface area contributed by atoms with Gasteiger partial charge in [-0.05, 0) is 19.1 Å². The predicted octanol–water partition coefficient (Wildman–Crippen LogP) is 1.19. The summed E-state index contributed by atoms with van der Waals surface area (Å²) in [4.78, 5) is 25.2. The molecule has 0 radical (unpaired) electrons. The van der Waals surface area contributed by atoms with E-state index in [1.165, 1.54) is 15.8 Å². The number of halogens is 3. The fraction of sp³-hybridized carbons (Fsp3) is 0.250. The maximum atomic E-state index is 12.8. The zero-order chi connectivity index (χ0) is 22.0. The summed E-state index contributed by atoms with van der Waals surface area (Å²) < 4.78 is 31.5. The molecule has 1 aliphatic heterocycles. The highest BCUT2D eigenvalue weighted by molar-refractivity contribution is 6.37. The summed E-state index contributed by atoms with van der Waals surface area (Å²) in [6, 6.07) is 2.29. The zero-order valence-electron chi connectivity index (χ0n) is 16.0. The van der Waals surface area contributed by atoms with Crippen LogP contribution in [0.2, 0.25) is 5.02 Å². The molecule has 1 aromatic heterocycles. The van der Waals surface area contributed by atoms with Crippen molar-refractivity contribution in [3.8, 4) is 5.75 Å². The smallest absolute Gasteiger partial charge is 0.387 e. The van der Waals surface area contributed by atoms with E-state index in [0.717, 1.165) is 6.07 Å². The van der Waals surface area contributed by atoms with Gasteiger partial charge in [0.2, 0.25) is 5.96 Å². The number of guanidine groups is 1. The average Bonchev–Trinajstić information content (AvgIpc) is 3.22. The number of benzene rings is 1. The van der Waals surface area contributed by atoms with E-state index in [0.29, 0.717) is 5.56 Å². The number of alkyl halides is 2. The first kappa shape index (κ1) is 21.3. The lowest BCUT2D eigenvalue weighted by atomic mass is 10.1. The van der Waals surface area contributed by atoms with Crippen LogP contribution in [0.15, 0.2) is 23.4 Å². The van der Waals surface area contributed by atoms with Gasteiger partial charge in [0.1, 0.15) is 5.69 Å². The Kier molecular flexibility index (Phi) is 6.03. The molecule has 1 aliphatic rings. The van der Waals surface area contributed by atoms with E-state index in [2.05, 4.69) is 36.6 Å². The second kappa shape index (κ2) is 8.51. The normalized spacial score (nSPS) is 13.2. The molecule has 11 nitrogen and oxygen atoms in total. The van der Waals surface area contributed by atoms with Gasteiger partial charge in [-0.2, -0.15) is 13.9 Å². The van der Waals surface area contributed by atoms with Crippen LogP contribution in [0.3, 0.4) is 0 Å². The van der Waals surface area contributed by atoms with E-state index in [1.54, 1.807) is 27.2 Å². The first-order valence-corrected chi connectivity index (χ1v) is 8.77. The monoisotopic (exact) mass is 442 g/mol. The molecule has 0 spiro atoms. The van der Waals surface area contributed by atoms with Crippen molar-refractivity contribution >= 4 is 35.1 Å². The maximum absolute atomic E-state index is 12.8. The first-order valence-electron chi connectivity index (χ1n) is 8.39. The third-order valence-corrected chi connectivity index (χ3v) is 4.34. The molecule has 0 aliphatic carbocycles. The van der Waals surface area contributed by atoms with Gasteiger partial charge in [0.15, 0.2) is 11.4 Å². The Hall–Kier alpha value is -3.45. The van der Waals surface area contributed by atoms with Gasteiger partial charge >= 0.3 is 6.61 Å². The molecule has 3 rings (SSSR count). The van der Waals surface area contributed by atoms with E-state index in [-0.39, 0.29) is 27.9 Å². The summed E-state index contributed by atoms with van der Waals surface area (Å²) in [5, 5.41) is 13.8. The lowest BCUT2D eigenvalue weighted by Gasteiger charge is -2.17. The van der Waals surface area contributed by atoms with E-state index in [4.69, 9.17) is 11.6 Å². The predicted molar refractivity (Wildman–Crippen MR) is 103 cm³/mol. The Balaban J connectivity index is 1.94. The molecule has 160 valence electrons. The van der Waals surface area contributed by atoms with Gasteiger partial charge in [-0.25, -0.2) is 5.53 Å². The minimum absolute atomic E-state index is 0.0607. The highest BCUT2D eigenvalue weighted by atomic mass is 35.5. The molecule has 2 aromatic rings. The van der Waals surface area contributed by atoms with Gasteiger partial charge < -0.3 is 10.1 Å². The molecule has 0 atom stereocenters. The van der Waals surface area contributed by atoms with Gasteiger partial charge in [0.25, 0.3) is 11.8 Å². The molecule has 30 heavy (non-hydrogen) atoms. The van der Waals surface area contributed by atoms with Crippen molar-refractivity contribution in [2.24, 2.45) is 12.1 Å². The number of nitrogens with one attached hydrogen (secondary N) is 4. The SMILES string of the molecule is Cc1cn(C)nc1C(=O)Nc1c(OC(F)F)ccc(C(=O)NC2=NNNN2C)c1Cl. The second-order valence-electron chi connectivity index (χ2n) is 6.14. The van der Waals surface area contributed by atoms with E-state index >= 15 is 0 Å². The molecule has 2 amide bonds. The van der Waals surface area contributed by atoms with Gasteiger partial charge in [-0.15, -0.1) is 10.6 Å². The standard InChI is InChI=1S/C16H17ClF2N8O3/c1-7-6-26(2)23-11(7)14(29)20-12-9(30-15(18)19)5-4-8(10(12)17)13(28)21-16-22-24-25-27(16)3/h4-6,15,24-25H,1-3H3,(H,20,29)(H,21,22,28). The van der Waals surface area contributed by atoms with Crippen LogP contribution in [0.1, 0.15) is 26.4 Å². The fourth-order valence-electron chi connectivity index (χ4n) is 2.61. The molecule has 0 saturated carbocycles. The summed E-state index contributed by atoms with van der Waals surface area (Å²) in [5.41, 5.74) is 5.25. The van der Waals surface area contributed by atoms with Crippen LogP contribution < -0.4 is 26.4 Å². The molecule has 0 bridgehead atoms. The second-order valence-corrected chi connectivity index (χ2v) is 6.52. The molecule has 2 heterocycles. The summed E-state index contributed by atoms with van der Waals surface area (Å²) in [5.74, 6) is -1.67. The lowest BCUT2D eigenvalue weighted by molar-refractivity contribution is -0.0493. The quantitative estimate of drug-likeness (QED) is 0.548. The number of hydrazone groups is 1. The van der Waals surface area contributed by atoms with Crippen molar-refractivity contribution in [1.29, 1.82) is 0 Å². The number of amides is 2. The van der Waals surface area contributed by atoms with Crippen molar-refractivity contribution in [1.82, 2.24) is 31.2 Å². The molecule has 0 saturated heterocycles. The molecular formula is C16H17ClF2N8O3. The molecule has 1 aromatic carbocycles. The lowest BCUT2D eigenvalue weighted by Crippen LogP contribution is -2.45. The number of nitrogens with zero attached hydrogens (tertiary/aromatic N) is 4. The van der Waals surface area contributed by atoms with Gasteiger partial charge in [-0.1, -0.05) is 11.6 Å². The Labute approximate surface area is 173 Å². The molecule has 0 fully saturated rings. The summed E-state index contributed by atoms with van der Waals surface area (Å²) in [7, 11) is 3.21. The van der Waals surface area contributed by atoms with Crippen LogP contribution in [0, 0.1) is 6.92 Å². The van der Waals surface area contributed by atoms with Gasteiger partial charge in [0.05, 0.1) is 10.6 Å². The third kappa shape index (κ3) is 4.41. The van der Waals surface area contributed by atoms with Crippen LogP contribution in [0.4, 0.5) is 14.5 Å². The number of hydrogen-bond acceptors (Lipinski definition) is 8. The largest absolute Gasteiger partial charge is 0.433 e. The van der Waals surface area contributed by atoms with Crippen LogP contribution in [-0.4, -0.2) is 46.2 Å². The van der Waals surface area contributed by atoms with E-state index < -0.39 is 24.2 Å². The number of aromatic nitrogens is 2. The maximum Gasteiger partial charge on any atom is 0.387 e. The van der Waals surface area contributed by atoms with E-state index in [9.17, 15) is 18.4 Å². The average molecular weight is 443 g/mol. The number of anilines is 1. The van der Waals surface area contributed by atoms with Crippen molar-refractivity contribution in [3.63, 3.8) is 0 Å². The van der Waals surface area contributed by atoms with Crippen LogP contribution >= 0.6 is 11.6 Å². The number of rotatable bonds is 5. The minimum atomic E-state index is -3.17.